The van der Waals surface area contributed by atoms with E-state index in [1.807, 2.05) is 35.0 Å². The van der Waals surface area contributed by atoms with Crippen LogP contribution in [0.15, 0.2) is 30.5 Å². The van der Waals surface area contributed by atoms with Crippen molar-refractivity contribution >= 4 is 27.9 Å². The Hall–Kier alpha value is -1.39. The lowest BCUT2D eigenvalue weighted by atomic mass is 10.2. The van der Waals surface area contributed by atoms with Crippen molar-refractivity contribution in [2.75, 3.05) is 0 Å². The number of aryl methyl sites for hydroxylation is 1. The predicted molar refractivity (Wildman–Crippen MR) is 89.2 cm³/mol. The zero-order chi connectivity index (χ0) is 14.7. The first-order chi connectivity index (χ1) is 10.3. The van der Waals surface area contributed by atoms with Crippen LogP contribution in [0.1, 0.15) is 37.6 Å². The molecule has 3 nitrogen and oxygen atoms in total. The van der Waals surface area contributed by atoms with Gasteiger partial charge in [-0.1, -0.05) is 61.3 Å². The second kappa shape index (κ2) is 6.58. The largest absolute Gasteiger partial charge is 0.217 e. The van der Waals surface area contributed by atoms with Gasteiger partial charge < -0.3 is 0 Å². The van der Waals surface area contributed by atoms with E-state index in [0.717, 1.165) is 27.7 Å². The number of aromatic nitrogens is 3. The second-order valence-electron chi connectivity index (χ2n) is 5.17. The van der Waals surface area contributed by atoms with Crippen LogP contribution >= 0.6 is 22.9 Å². The number of nitrogens with zero attached hydrogens (tertiary/aromatic N) is 3. The molecule has 3 aromatic rings. The molecule has 0 bridgehead atoms. The molecular formula is C16H18ClN3S. The maximum atomic E-state index is 5.91. The van der Waals surface area contributed by atoms with E-state index in [4.69, 9.17) is 11.6 Å². The third-order valence-electron chi connectivity index (χ3n) is 3.47. The van der Waals surface area contributed by atoms with Crippen LogP contribution in [-0.4, -0.2) is 14.6 Å². The molecule has 0 unspecified atom stereocenters. The van der Waals surface area contributed by atoms with Crippen molar-refractivity contribution in [3.8, 4) is 11.3 Å². The summed E-state index contributed by atoms with van der Waals surface area (Å²) in [4.78, 5) is 5.62. The summed E-state index contributed by atoms with van der Waals surface area (Å²) in [6.45, 7) is 2.23. The molecule has 5 heteroatoms. The number of hydrogen-bond donors (Lipinski definition) is 0. The predicted octanol–water partition coefficient (Wildman–Crippen LogP) is 5.23. The molecule has 0 saturated heterocycles. The number of unbranched alkanes of at least 4 members (excludes halogenated alkanes) is 3. The minimum Gasteiger partial charge on any atom is -0.217 e. The molecule has 3 rings (SSSR count). The summed E-state index contributed by atoms with van der Waals surface area (Å²) in [6.07, 6.45) is 8.13. The van der Waals surface area contributed by atoms with Crippen LogP contribution in [0, 0.1) is 0 Å². The van der Waals surface area contributed by atoms with Gasteiger partial charge in [-0.05, 0) is 18.6 Å². The van der Waals surface area contributed by atoms with Crippen LogP contribution in [0.4, 0.5) is 0 Å². The third-order valence-corrected chi connectivity index (χ3v) is 4.70. The molecule has 2 aromatic heterocycles. The van der Waals surface area contributed by atoms with E-state index in [2.05, 4.69) is 17.0 Å². The highest BCUT2D eigenvalue weighted by molar-refractivity contribution is 7.16. The molecule has 110 valence electrons. The number of rotatable bonds is 6. The van der Waals surface area contributed by atoms with Crippen molar-refractivity contribution < 1.29 is 0 Å². The van der Waals surface area contributed by atoms with Crippen molar-refractivity contribution in [3.05, 3.63) is 40.5 Å². The van der Waals surface area contributed by atoms with Gasteiger partial charge in [-0.2, -0.15) is 5.10 Å². The van der Waals surface area contributed by atoms with Gasteiger partial charge in [-0.25, -0.2) is 9.50 Å². The Morgan fingerprint density at radius 3 is 2.67 bits per heavy atom. The molecular weight excluding hydrogens is 302 g/mol. The Morgan fingerprint density at radius 2 is 1.95 bits per heavy atom. The normalized spacial score (nSPS) is 11.3. The van der Waals surface area contributed by atoms with Crippen LogP contribution in [0.3, 0.4) is 0 Å². The summed E-state index contributed by atoms with van der Waals surface area (Å²) in [5, 5.41) is 6.54. The Bertz CT molecular complexity index is 683. The van der Waals surface area contributed by atoms with E-state index in [0.29, 0.717) is 0 Å². The van der Waals surface area contributed by atoms with Gasteiger partial charge in [-0.3, -0.25) is 0 Å². The monoisotopic (exact) mass is 319 g/mol. The van der Waals surface area contributed by atoms with Crippen LogP contribution in [0.5, 0.6) is 0 Å². The van der Waals surface area contributed by atoms with E-state index in [1.165, 1.54) is 30.7 Å². The van der Waals surface area contributed by atoms with E-state index in [1.54, 1.807) is 11.3 Å². The zero-order valence-electron chi connectivity index (χ0n) is 12.1. The van der Waals surface area contributed by atoms with Crippen molar-refractivity contribution in [1.82, 2.24) is 14.6 Å². The summed E-state index contributed by atoms with van der Waals surface area (Å²) in [5.41, 5.74) is 2.02. The number of benzene rings is 1. The molecule has 0 aliphatic heterocycles. The minimum atomic E-state index is 0.743. The maximum Gasteiger partial charge on any atom is 0.212 e. The molecule has 0 N–H and O–H groups in total. The molecule has 0 atom stereocenters. The first-order valence-electron chi connectivity index (χ1n) is 7.37. The average Bonchev–Trinajstić information content (AvgIpc) is 3.02. The molecule has 2 heterocycles. The highest BCUT2D eigenvalue weighted by Crippen LogP contribution is 2.24. The topological polar surface area (TPSA) is 30.2 Å². The average molecular weight is 320 g/mol. The molecule has 0 aliphatic carbocycles. The second-order valence-corrected chi connectivity index (χ2v) is 6.64. The highest BCUT2D eigenvalue weighted by Gasteiger charge is 2.09. The van der Waals surface area contributed by atoms with Gasteiger partial charge in [0.15, 0.2) is 0 Å². The molecule has 0 spiro atoms. The van der Waals surface area contributed by atoms with Crippen molar-refractivity contribution in [3.63, 3.8) is 0 Å². The van der Waals surface area contributed by atoms with Crippen molar-refractivity contribution in [1.29, 1.82) is 0 Å². The fourth-order valence-electron chi connectivity index (χ4n) is 2.31. The Balaban J connectivity index is 1.73. The van der Waals surface area contributed by atoms with Gasteiger partial charge in [0, 0.05) is 17.0 Å². The van der Waals surface area contributed by atoms with E-state index >= 15 is 0 Å². The van der Waals surface area contributed by atoms with Crippen LogP contribution in [0.25, 0.3) is 16.2 Å². The molecule has 1 aromatic carbocycles. The van der Waals surface area contributed by atoms with Crippen molar-refractivity contribution in [2.24, 2.45) is 0 Å². The molecule has 21 heavy (non-hydrogen) atoms. The standard InChI is InChI=1S/C16H18ClN3S/c1-2-3-4-5-6-15-19-20-11-14(18-16(20)21-15)12-7-9-13(17)10-8-12/h7-11H,2-6H2,1H3. The van der Waals surface area contributed by atoms with Crippen LogP contribution in [0.2, 0.25) is 5.02 Å². The lowest BCUT2D eigenvalue weighted by Gasteiger charge is -1.96. The quantitative estimate of drug-likeness (QED) is 0.582. The number of hydrogen-bond acceptors (Lipinski definition) is 3. The SMILES string of the molecule is CCCCCCc1nn2cc(-c3ccc(Cl)cc3)nc2s1. The molecule has 0 radical (unpaired) electrons. The van der Waals surface area contributed by atoms with Crippen molar-refractivity contribution in [2.45, 2.75) is 39.0 Å². The van der Waals surface area contributed by atoms with Gasteiger partial charge in [0.1, 0.15) is 5.01 Å². The van der Waals surface area contributed by atoms with Gasteiger partial charge in [0.05, 0.1) is 11.9 Å². The fourth-order valence-corrected chi connectivity index (χ4v) is 3.35. The summed E-state index contributed by atoms with van der Waals surface area (Å²) < 4.78 is 1.89. The Morgan fingerprint density at radius 1 is 1.14 bits per heavy atom. The Labute approximate surface area is 133 Å². The lowest BCUT2D eigenvalue weighted by molar-refractivity contribution is 0.661. The lowest BCUT2D eigenvalue weighted by Crippen LogP contribution is -1.87. The van der Waals surface area contributed by atoms with Gasteiger partial charge in [0.25, 0.3) is 0 Å². The van der Waals surface area contributed by atoms with Gasteiger partial charge >= 0.3 is 0 Å². The van der Waals surface area contributed by atoms with Gasteiger partial charge in [-0.15, -0.1) is 0 Å². The smallest absolute Gasteiger partial charge is 0.212 e. The summed E-state index contributed by atoms with van der Waals surface area (Å²) in [5.74, 6) is 0. The minimum absolute atomic E-state index is 0.743. The first kappa shape index (κ1) is 14.5. The van der Waals surface area contributed by atoms with E-state index in [9.17, 15) is 0 Å². The Kier molecular flexibility index (Phi) is 4.56. The van der Waals surface area contributed by atoms with E-state index < -0.39 is 0 Å². The van der Waals surface area contributed by atoms with Crippen LogP contribution in [-0.2, 0) is 6.42 Å². The number of halogens is 1. The summed E-state index contributed by atoms with van der Waals surface area (Å²) in [6, 6.07) is 7.74. The number of imidazole rings is 1. The highest BCUT2D eigenvalue weighted by atomic mass is 35.5. The molecule has 0 aliphatic rings. The first-order valence-corrected chi connectivity index (χ1v) is 8.57. The van der Waals surface area contributed by atoms with Gasteiger partial charge in [0.2, 0.25) is 4.96 Å². The zero-order valence-corrected chi connectivity index (χ0v) is 13.6. The maximum absolute atomic E-state index is 5.91. The van der Waals surface area contributed by atoms with Crippen LogP contribution < -0.4 is 0 Å². The molecule has 0 amide bonds. The van der Waals surface area contributed by atoms with E-state index in [-0.39, 0.29) is 0 Å². The molecule has 0 fully saturated rings. The molecule has 0 saturated carbocycles. The summed E-state index contributed by atoms with van der Waals surface area (Å²) >= 11 is 7.60. The fraction of sp³-hybridized carbons (Fsp3) is 0.375. The summed E-state index contributed by atoms with van der Waals surface area (Å²) in [7, 11) is 0. The third kappa shape index (κ3) is 3.44. The number of fused-ring (bicyclic) bond motifs is 1.